The van der Waals surface area contributed by atoms with Crippen LogP contribution in [0.5, 0.6) is 0 Å². The highest BCUT2D eigenvalue weighted by molar-refractivity contribution is 5.68. The molecule has 0 aromatic carbocycles. The van der Waals surface area contributed by atoms with Crippen molar-refractivity contribution in [3.8, 4) is 11.8 Å². The first-order valence-electron chi connectivity index (χ1n) is 6.92. The van der Waals surface area contributed by atoms with Crippen LogP contribution in [0, 0.1) is 23.2 Å². The van der Waals surface area contributed by atoms with Crippen LogP contribution in [0.4, 0.5) is 13.6 Å². The highest BCUT2D eigenvalue weighted by Crippen LogP contribution is 2.70. The van der Waals surface area contributed by atoms with Gasteiger partial charge in [-0.15, -0.1) is 5.92 Å². The molecule has 0 bridgehead atoms. The van der Waals surface area contributed by atoms with Gasteiger partial charge in [-0.25, -0.2) is 13.6 Å². The molecule has 0 radical (unpaired) electrons. The van der Waals surface area contributed by atoms with Gasteiger partial charge in [0.2, 0.25) is 0 Å². The Kier molecular flexibility index (Phi) is 3.48. The fraction of sp³-hybridized carbons (Fsp3) is 0.800. The number of halogens is 2. The second-order valence-electron chi connectivity index (χ2n) is 6.57. The molecule has 1 atom stereocenters. The smallest absolute Gasteiger partial charge is 0.410 e. The molecule has 2 aliphatic rings. The Morgan fingerprint density at radius 3 is 2.30 bits per heavy atom. The fourth-order valence-corrected chi connectivity index (χ4v) is 2.92. The predicted molar refractivity (Wildman–Crippen MR) is 71.4 cm³/mol. The van der Waals surface area contributed by atoms with E-state index in [0.29, 0.717) is 25.9 Å². The third-order valence-corrected chi connectivity index (χ3v) is 4.09. The van der Waals surface area contributed by atoms with E-state index in [4.69, 9.17) is 4.74 Å². The molecule has 20 heavy (non-hydrogen) atoms. The van der Waals surface area contributed by atoms with Gasteiger partial charge in [-0.05, 0) is 40.5 Å². The first-order valence-corrected chi connectivity index (χ1v) is 6.92. The van der Waals surface area contributed by atoms with Gasteiger partial charge in [0.15, 0.2) is 0 Å². The molecule has 1 unspecified atom stereocenters. The van der Waals surface area contributed by atoms with Gasteiger partial charge in [0.1, 0.15) is 5.60 Å². The summed E-state index contributed by atoms with van der Waals surface area (Å²) in [6.07, 6.45) is 0.159. The van der Waals surface area contributed by atoms with Crippen LogP contribution in [0.25, 0.3) is 0 Å². The number of likely N-dealkylation sites (tertiary alicyclic amines) is 1. The zero-order valence-electron chi connectivity index (χ0n) is 12.4. The second kappa shape index (κ2) is 4.61. The first-order chi connectivity index (χ1) is 9.14. The maximum atomic E-state index is 13.9. The Morgan fingerprint density at radius 1 is 1.30 bits per heavy atom. The van der Waals surface area contributed by atoms with Crippen molar-refractivity contribution in [2.75, 3.05) is 13.1 Å². The predicted octanol–water partition coefficient (Wildman–Crippen LogP) is 3.29. The van der Waals surface area contributed by atoms with Crippen molar-refractivity contribution in [2.24, 2.45) is 11.3 Å². The maximum Gasteiger partial charge on any atom is 0.410 e. The molecule has 0 aromatic heterocycles. The van der Waals surface area contributed by atoms with Crippen molar-refractivity contribution in [2.45, 2.75) is 52.1 Å². The average Bonchev–Trinajstić information content (AvgIpc) is 2.75. The van der Waals surface area contributed by atoms with Gasteiger partial charge >= 0.3 is 6.09 Å². The Balaban J connectivity index is 1.97. The molecule has 0 aromatic rings. The number of nitrogens with zero attached hydrogens (tertiary/aromatic N) is 1. The highest BCUT2D eigenvalue weighted by atomic mass is 19.3. The van der Waals surface area contributed by atoms with E-state index in [1.54, 1.807) is 27.7 Å². The third kappa shape index (κ3) is 2.36. The molecule has 1 heterocycles. The highest BCUT2D eigenvalue weighted by Gasteiger charge is 2.79. The van der Waals surface area contributed by atoms with Gasteiger partial charge in [-0.2, -0.15) is 0 Å². The molecular weight excluding hydrogens is 264 g/mol. The minimum atomic E-state index is -2.71. The first kappa shape index (κ1) is 15.1. The Hall–Kier alpha value is -1.31. The van der Waals surface area contributed by atoms with Crippen LogP contribution in [-0.2, 0) is 4.74 Å². The lowest BCUT2D eigenvalue weighted by Gasteiger charge is -2.33. The molecule has 1 saturated heterocycles. The largest absolute Gasteiger partial charge is 0.444 e. The molecule has 1 spiro atoms. The maximum absolute atomic E-state index is 13.9. The SMILES string of the molecule is CC#CC1C(F)(F)C12CCN(C(=O)OC(C)(C)C)CC2. The molecule has 1 aliphatic carbocycles. The van der Waals surface area contributed by atoms with E-state index in [1.807, 2.05) is 0 Å². The van der Waals surface area contributed by atoms with Crippen molar-refractivity contribution < 1.29 is 18.3 Å². The lowest BCUT2D eigenvalue weighted by atomic mass is 9.90. The van der Waals surface area contributed by atoms with Crippen molar-refractivity contribution in [3.05, 3.63) is 0 Å². The fourth-order valence-electron chi connectivity index (χ4n) is 2.92. The number of alkyl halides is 2. The topological polar surface area (TPSA) is 29.5 Å². The molecule has 2 rings (SSSR count). The lowest BCUT2D eigenvalue weighted by Crippen LogP contribution is -2.43. The minimum Gasteiger partial charge on any atom is -0.444 e. The van der Waals surface area contributed by atoms with Crippen LogP contribution in [0.3, 0.4) is 0 Å². The quantitative estimate of drug-likeness (QED) is 0.639. The standard InChI is InChI=1S/C15H21F2NO2/c1-5-6-11-14(15(11,16)17)7-9-18(10-8-14)12(19)20-13(2,3)4/h11H,7-10H2,1-4H3. The van der Waals surface area contributed by atoms with Gasteiger partial charge in [-0.3, -0.25) is 0 Å². The minimum absolute atomic E-state index is 0.290. The molecule has 2 fully saturated rings. The molecule has 112 valence electrons. The summed E-state index contributed by atoms with van der Waals surface area (Å²) < 4.78 is 33.0. The summed E-state index contributed by atoms with van der Waals surface area (Å²) in [5.41, 5.74) is -1.58. The number of rotatable bonds is 0. The van der Waals surface area contributed by atoms with Crippen molar-refractivity contribution in [1.82, 2.24) is 4.90 Å². The van der Waals surface area contributed by atoms with Crippen LogP contribution < -0.4 is 0 Å². The number of piperidine rings is 1. The van der Waals surface area contributed by atoms with Gasteiger partial charge in [0.05, 0.1) is 11.3 Å². The van der Waals surface area contributed by atoms with Gasteiger partial charge in [0, 0.05) is 13.1 Å². The molecule has 5 heteroatoms. The summed E-state index contributed by atoms with van der Waals surface area (Å²) in [6, 6.07) is 0. The number of carbonyl (C=O) groups is 1. The van der Waals surface area contributed by atoms with Gasteiger partial charge in [0.25, 0.3) is 5.92 Å². The summed E-state index contributed by atoms with van der Waals surface area (Å²) >= 11 is 0. The lowest BCUT2D eigenvalue weighted by molar-refractivity contribution is 0.00113. The van der Waals surface area contributed by atoms with Crippen molar-refractivity contribution >= 4 is 6.09 Å². The number of ether oxygens (including phenoxy) is 1. The van der Waals surface area contributed by atoms with E-state index in [9.17, 15) is 13.6 Å². The molecule has 0 N–H and O–H groups in total. The van der Waals surface area contributed by atoms with Crippen molar-refractivity contribution in [1.29, 1.82) is 0 Å². The second-order valence-corrected chi connectivity index (χ2v) is 6.57. The Bertz CT molecular complexity index is 462. The molecule has 1 amide bonds. The van der Waals surface area contributed by atoms with Crippen LogP contribution in [-0.4, -0.2) is 35.6 Å². The average molecular weight is 285 g/mol. The monoisotopic (exact) mass is 285 g/mol. The van der Waals surface area contributed by atoms with Crippen LogP contribution in [0.2, 0.25) is 0 Å². The summed E-state index contributed by atoms with van der Waals surface area (Å²) in [5.74, 6) is 1.65. The van der Waals surface area contributed by atoms with Crippen LogP contribution in [0.15, 0.2) is 0 Å². The van der Waals surface area contributed by atoms with Gasteiger partial charge in [-0.1, -0.05) is 5.92 Å². The van der Waals surface area contributed by atoms with E-state index in [0.717, 1.165) is 0 Å². The third-order valence-electron chi connectivity index (χ3n) is 4.09. The number of amides is 1. The molecule has 1 aliphatic heterocycles. The summed E-state index contributed by atoms with van der Waals surface area (Å²) in [6.45, 7) is 7.57. The molecular formula is C15H21F2NO2. The zero-order chi connectivity index (χ0) is 15.2. The summed E-state index contributed by atoms with van der Waals surface area (Å²) in [4.78, 5) is 13.4. The van der Waals surface area contributed by atoms with Gasteiger partial charge < -0.3 is 9.64 Å². The summed E-state index contributed by atoms with van der Waals surface area (Å²) in [7, 11) is 0. The number of hydrogen-bond acceptors (Lipinski definition) is 2. The van der Waals surface area contributed by atoms with E-state index in [-0.39, 0.29) is 0 Å². The molecule has 1 saturated carbocycles. The van der Waals surface area contributed by atoms with Crippen molar-refractivity contribution in [3.63, 3.8) is 0 Å². The molecule has 3 nitrogen and oxygen atoms in total. The van der Waals surface area contributed by atoms with E-state index < -0.39 is 28.9 Å². The number of hydrogen-bond donors (Lipinski definition) is 0. The van der Waals surface area contributed by atoms with E-state index >= 15 is 0 Å². The summed E-state index contributed by atoms with van der Waals surface area (Å²) in [5, 5.41) is 0. The van der Waals surface area contributed by atoms with E-state index in [1.165, 1.54) is 4.90 Å². The normalized spacial score (nSPS) is 26.7. The van der Waals surface area contributed by atoms with Crippen LogP contribution in [0.1, 0.15) is 40.5 Å². The zero-order valence-corrected chi connectivity index (χ0v) is 12.4. The Labute approximate surface area is 118 Å². The van der Waals surface area contributed by atoms with Crippen LogP contribution >= 0.6 is 0 Å². The Morgan fingerprint density at radius 2 is 1.85 bits per heavy atom. The number of carbonyl (C=O) groups excluding carboxylic acids is 1. The van der Waals surface area contributed by atoms with E-state index in [2.05, 4.69) is 11.8 Å².